The Balaban J connectivity index is 1.45. The Hall–Kier alpha value is -3.86. The van der Waals surface area contributed by atoms with Gasteiger partial charge in [-0.15, -0.1) is 5.10 Å². The van der Waals surface area contributed by atoms with E-state index in [0.717, 1.165) is 0 Å². The maximum absolute atomic E-state index is 12.7. The van der Waals surface area contributed by atoms with Crippen molar-refractivity contribution in [3.63, 3.8) is 0 Å². The number of rotatable bonds is 8. The summed E-state index contributed by atoms with van der Waals surface area (Å²) < 4.78 is 61.3. The minimum absolute atomic E-state index is 0.00688. The van der Waals surface area contributed by atoms with E-state index in [4.69, 9.17) is 4.74 Å². The molecule has 1 heterocycles. The van der Waals surface area contributed by atoms with E-state index in [2.05, 4.69) is 20.3 Å². The Morgan fingerprint density at radius 3 is 2.12 bits per heavy atom. The number of sulfone groups is 1. The molecule has 0 saturated heterocycles. The molecule has 0 aliphatic heterocycles. The summed E-state index contributed by atoms with van der Waals surface area (Å²) in [5, 5.41) is 11.4. The molecule has 0 N–H and O–H groups in total. The first-order valence-corrected chi connectivity index (χ1v) is 10.8. The van der Waals surface area contributed by atoms with Gasteiger partial charge in [0.15, 0.2) is 5.82 Å². The van der Waals surface area contributed by atoms with Gasteiger partial charge in [0.25, 0.3) is 0 Å². The molecule has 0 spiro atoms. The van der Waals surface area contributed by atoms with Gasteiger partial charge in [0.1, 0.15) is 18.1 Å². The second-order valence-corrected chi connectivity index (χ2v) is 8.41. The average molecular weight is 458 g/mol. The fraction of sp³-hybridized carbons (Fsp3) is 0.0952. The van der Waals surface area contributed by atoms with Gasteiger partial charge in [0.2, 0.25) is 9.84 Å². The summed E-state index contributed by atoms with van der Waals surface area (Å²) in [5.74, 6) is 0.793. The van der Waals surface area contributed by atoms with Crippen LogP contribution in [0.15, 0.2) is 88.7 Å². The number of benzene rings is 3. The van der Waals surface area contributed by atoms with Crippen LogP contribution >= 0.6 is 0 Å². The first kappa shape index (κ1) is 21.4. The molecular formula is C21H16F2N4O4S. The third kappa shape index (κ3) is 4.72. The zero-order chi connectivity index (χ0) is 22.6. The van der Waals surface area contributed by atoms with Gasteiger partial charge in [0.05, 0.1) is 15.5 Å². The second kappa shape index (κ2) is 9.10. The summed E-state index contributed by atoms with van der Waals surface area (Å²) in [7, 11) is -3.62. The van der Waals surface area contributed by atoms with Crippen LogP contribution in [-0.4, -0.2) is 35.2 Å². The highest BCUT2D eigenvalue weighted by atomic mass is 32.2. The van der Waals surface area contributed by atoms with Gasteiger partial charge in [-0.2, -0.15) is 13.5 Å². The summed E-state index contributed by atoms with van der Waals surface area (Å²) in [6.45, 7) is -2.92. The number of tetrazole rings is 1. The van der Waals surface area contributed by atoms with Crippen LogP contribution in [0, 0.1) is 0 Å². The third-order valence-corrected chi connectivity index (χ3v) is 6.18. The fourth-order valence-corrected chi connectivity index (χ4v) is 4.15. The molecule has 32 heavy (non-hydrogen) atoms. The van der Waals surface area contributed by atoms with E-state index in [1.165, 1.54) is 53.2 Å². The molecule has 0 aliphatic carbocycles. The largest absolute Gasteiger partial charge is 0.486 e. The smallest absolute Gasteiger partial charge is 0.387 e. The summed E-state index contributed by atoms with van der Waals surface area (Å²) in [5.41, 5.74) is 0.527. The number of ether oxygens (including phenoxy) is 2. The molecule has 0 bridgehead atoms. The van der Waals surface area contributed by atoms with Crippen molar-refractivity contribution in [3.8, 4) is 17.2 Å². The van der Waals surface area contributed by atoms with Crippen molar-refractivity contribution < 1.29 is 26.7 Å². The van der Waals surface area contributed by atoms with Crippen LogP contribution in [0.1, 0.15) is 5.82 Å². The molecule has 0 saturated carbocycles. The number of halogens is 2. The van der Waals surface area contributed by atoms with E-state index in [-0.39, 0.29) is 22.1 Å². The molecule has 0 amide bonds. The Morgan fingerprint density at radius 1 is 0.844 bits per heavy atom. The minimum Gasteiger partial charge on any atom is -0.486 e. The highest BCUT2D eigenvalue weighted by Crippen LogP contribution is 2.23. The van der Waals surface area contributed by atoms with E-state index in [1.807, 2.05) is 0 Å². The van der Waals surface area contributed by atoms with Crippen molar-refractivity contribution in [3.05, 3.63) is 84.7 Å². The predicted octanol–water partition coefficient (Wildman–Crippen LogP) is 3.68. The van der Waals surface area contributed by atoms with Crippen LogP contribution in [0.3, 0.4) is 0 Å². The van der Waals surface area contributed by atoms with E-state index in [0.29, 0.717) is 17.3 Å². The molecule has 0 atom stereocenters. The van der Waals surface area contributed by atoms with Crippen molar-refractivity contribution in [1.29, 1.82) is 0 Å². The summed E-state index contributed by atoms with van der Waals surface area (Å²) >= 11 is 0. The van der Waals surface area contributed by atoms with Gasteiger partial charge in [-0.1, -0.05) is 18.2 Å². The molecule has 164 valence electrons. The molecule has 4 aromatic rings. The number of hydrogen-bond acceptors (Lipinski definition) is 7. The van der Waals surface area contributed by atoms with Gasteiger partial charge in [-0.05, 0) is 71.1 Å². The second-order valence-electron chi connectivity index (χ2n) is 6.46. The summed E-state index contributed by atoms with van der Waals surface area (Å²) in [4.78, 5) is 0.352. The number of nitrogens with zero attached hydrogens (tertiary/aromatic N) is 4. The van der Waals surface area contributed by atoms with Gasteiger partial charge in [0, 0.05) is 0 Å². The Labute approximate surface area is 181 Å². The average Bonchev–Trinajstić information content (AvgIpc) is 3.27. The van der Waals surface area contributed by atoms with E-state index >= 15 is 0 Å². The fourth-order valence-electron chi connectivity index (χ4n) is 2.86. The lowest BCUT2D eigenvalue weighted by atomic mass is 10.3. The maximum Gasteiger partial charge on any atom is 0.387 e. The number of aromatic nitrogens is 4. The van der Waals surface area contributed by atoms with Crippen molar-refractivity contribution in [2.45, 2.75) is 23.0 Å². The molecule has 0 aliphatic rings. The van der Waals surface area contributed by atoms with Crippen molar-refractivity contribution in [2.75, 3.05) is 0 Å². The lowest BCUT2D eigenvalue weighted by Crippen LogP contribution is -2.07. The molecular weight excluding hydrogens is 442 g/mol. The van der Waals surface area contributed by atoms with Crippen molar-refractivity contribution in [2.24, 2.45) is 0 Å². The SMILES string of the molecule is O=S(=O)(c1ccccc1)c1ccc(OCc2nnnn2-c2ccc(OC(F)F)cc2)cc1. The van der Waals surface area contributed by atoms with Gasteiger partial charge in [-0.3, -0.25) is 0 Å². The first-order valence-electron chi connectivity index (χ1n) is 9.29. The first-order chi connectivity index (χ1) is 15.4. The van der Waals surface area contributed by atoms with E-state index < -0.39 is 16.4 Å². The highest BCUT2D eigenvalue weighted by molar-refractivity contribution is 7.91. The molecule has 3 aromatic carbocycles. The van der Waals surface area contributed by atoms with E-state index in [1.54, 1.807) is 30.3 Å². The summed E-state index contributed by atoms with van der Waals surface area (Å²) in [6, 6.07) is 19.9. The lowest BCUT2D eigenvalue weighted by Gasteiger charge is -2.09. The maximum atomic E-state index is 12.7. The van der Waals surface area contributed by atoms with Gasteiger partial charge >= 0.3 is 6.61 Å². The van der Waals surface area contributed by atoms with Crippen LogP contribution < -0.4 is 9.47 Å². The Kier molecular flexibility index (Phi) is 6.08. The molecule has 4 rings (SSSR count). The zero-order valence-corrected chi connectivity index (χ0v) is 17.2. The molecule has 1 aromatic heterocycles. The van der Waals surface area contributed by atoms with Crippen molar-refractivity contribution >= 4 is 9.84 Å². The number of alkyl halides is 2. The quantitative estimate of drug-likeness (QED) is 0.397. The molecule has 11 heteroatoms. The Morgan fingerprint density at radius 2 is 1.47 bits per heavy atom. The molecule has 8 nitrogen and oxygen atoms in total. The Bertz CT molecular complexity index is 1280. The van der Waals surface area contributed by atoms with Crippen LogP contribution in [0.25, 0.3) is 5.69 Å². The van der Waals surface area contributed by atoms with Crippen LogP contribution in [-0.2, 0) is 16.4 Å². The minimum atomic E-state index is -3.62. The van der Waals surface area contributed by atoms with Gasteiger partial charge < -0.3 is 9.47 Å². The van der Waals surface area contributed by atoms with Crippen LogP contribution in [0.5, 0.6) is 11.5 Å². The number of hydrogen-bond donors (Lipinski definition) is 0. The zero-order valence-electron chi connectivity index (χ0n) is 16.4. The normalized spacial score (nSPS) is 11.5. The molecule has 0 radical (unpaired) electrons. The van der Waals surface area contributed by atoms with E-state index in [9.17, 15) is 17.2 Å². The third-order valence-electron chi connectivity index (χ3n) is 4.40. The predicted molar refractivity (Wildman–Crippen MR) is 108 cm³/mol. The van der Waals surface area contributed by atoms with Crippen LogP contribution in [0.2, 0.25) is 0 Å². The molecule has 0 unspecified atom stereocenters. The monoisotopic (exact) mass is 458 g/mol. The summed E-state index contributed by atoms with van der Waals surface area (Å²) in [6.07, 6.45) is 0. The van der Waals surface area contributed by atoms with Crippen molar-refractivity contribution in [1.82, 2.24) is 20.2 Å². The molecule has 0 fully saturated rings. The standard InChI is InChI=1S/C21H16F2N4O4S/c22-21(23)31-17-8-6-15(7-9-17)27-20(24-25-26-27)14-30-16-10-12-19(13-11-16)32(28,29)18-4-2-1-3-5-18/h1-13,21H,14H2. The highest BCUT2D eigenvalue weighted by Gasteiger charge is 2.17. The lowest BCUT2D eigenvalue weighted by molar-refractivity contribution is -0.0498. The van der Waals surface area contributed by atoms with Crippen LogP contribution in [0.4, 0.5) is 8.78 Å². The van der Waals surface area contributed by atoms with Gasteiger partial charge in [-0.25, -0.2) is 8.42 Å². The topological polar surface area (TPSA) is 96.2 Å².